The summed E-state index contributed by atoms with van der Waals surface area (Å²) in [5.74, 6) is -1.10. The van der Waals surface area contributed by atoms with E-state index in [2.05, 4.69) is 20.1 Å². The Bertz CT molecular complexity index is 1270. The third-order valence-corrected chi connectivity index (χ3v) is 6.48. The number of benzene rings is 2. The van der Waals surface area contributed by atoms with Crippen LogP contribution >= 0.6 is 0 Å². The third-order valence-electron chi connectivity index (χ3n) is 6.48. The van der Waals surface area contributed by atoms with Crippen LogP contribution in [0.25, 0.3) is 11.4 Å². The highest BCUT2D eigenvalue weighted by Crippen LogP contribution is 2.30. The molecule has 2 aliphatic heterocycles. The largest absolute Gasteiger partial charge is 0.323 e. The number of rotatable bonds is 4. The molecule has 5 rings (SSSR count). The third kappa shape index (κ3) is 4.18. The first-order valence-electron chi connectivity index (χ1n) is 11.5. The van der Waals surface area contributed by atoms with Gasteiger partial charge in [-0.25, -0.2) is 8.78 Å². The summed E-state index contributed by atoms with van der Waals surface area (Å²) in [5, 5.41) is 11.2. The number of aromatic nitrogens is 3. The van der Waals surface area contributed by atoms with Crippen molar-refractivity contribution in [3.8, 4) is 11.4 Å². The van der Waals surface area contributed by atoms with Crippen LogP contribution in [0, 0.1) is 24.5 Å². The Morgan fingerprint density at radius 2 is 1.91 bits per heavy atom. The van der Waals surface area contributed by atoms with Gasteiger partial charge in [0.25, 0.3) is 0 Å². The van der Waals surface area contributed by atoms with E-state index in [1.807, 2.05) is 0 Å². The summed E-state index contributed by atoms with van der Waals surface area (Å²) in [6.45, 7) is 2.59. The second-order valence-electron chi connectivity index (χ2n) is 8.95. The van der Waals surface area contributed by atoms with Gasteiger partial charge in [-0.2, -0.15) is 0 Å². The molecule has 1 atom stereocenters. The monoisotopic (exact) mass is 465 g/mol. The Morgan fingerprint density at radius 3 is 2.74 bits per heavy atom. The summed E-state index contributed by atoms with van der Waals surface area (Å²) in [7, 11) is 0. The van der Waals surface area contributed by atoms with E-state index in [9.17, 15) is 18.4 Å². The maximum absolute atomic E-state index is 14.6. The average Bonchev–Trinajstić information content (AvgIpc) is 3.31. The second kappa shape index (κ2) is 8.96. The topological polar surface area (TPSA) is 80.1 Å². The molecule has 2 amide bonds. The number of carbonyl (C=O) groups excluding carboxylic acids is 2. The predicted octanol–water partition coefficient (Wildman–Crippen LogP) is 4.25. The maximum Gasteiger partial charge on any atom is 0.229 e. The van der Waals surface area contributed by atoms with E-state index in [-0.39, 0.29) is 30.2 Å². The lowest BCUT2D eigenvalue weighted by molar-refractivity contribution is -0.122. The van der Waals surface area contributed by atoms with Crippen LogP contribution in [-0.4, -0.2) is 33.1 Å². The smallest absolute Gasteiger partial charge is 0.229 e. The molecule has 0 saturated carbocycles. The lowest BCUT2D eigenvalue weighted by Crippen LogP contribution is -2.29. The van der Waals surface area contributed by atoms with E-state index in [1.54, 1.807) is 25.1 Å². The van der Waals surface area contributed by atoms with E-state index in [0.29, 0.717) is 11.4 Å². The van der Waals surface area contributed by atoms with Crippen LogP contribution in [-0.2, 0) is 22.6 Å². The zero-order valence-corrected chi connectivity index (χ0v) is 18.9. The molecule has 0 bridgehead atoms. The Balaban J connectivity index is 1.34. The zero-order valence-electron chi connectivity index (χ0n) is 18.9. The number of hydrogen-bond donors (Lipinski definition) is 1. The number of nitrogens with one attached hydrogen (secondary N) is 1. The van der Waals surface area contributed by atoms with Crippen molar-refractivity contribution in [3.63, 3.8) is 0 Å². The number of fused-ring (bicyclic) bond motifs is 1. The first-order chi connectivity index (χ1) is 16.4. The Kier molecular flexibility index (Phi) is 5.85. The van der Waals surface area contributed by atoms with E-state index >= 15 is 0 Å². The summed E-state index contributed by atoms with van der Waals surface area (Å²) < 4.78 is 31.0. The van der Waals surface area contributed by atoms with Crippen LogP contribution in [0.2, 0.25) is 0 Å². The van der Waals surface area contributed by atoms with Crippen molar-refractivity contribution in [1.82, 2.24) is 14.8 Å². The lowest BCUT2D eigenvalue weighted by atomic mass is 10.1. The summed E-state index contributed by atoms with van der Waals surface area (Å²) in [6, 6.07) is 9.05. The van der Waals surface area contributed by atoms with Crippen LogP contribution < -0.4 is 10.2 Å². The number of halogens is 2. The molecular formula is C25H25F2N5O2. The number of aryl methyl sites for hydroxylation is 2. The van der Waals surface area contributed by atoms with Gasteiger partial charge in [-0.05, 0) is 55.7 Å². The highest BCUT2D eigenvalue weighted by molar-refractivity contribution is 6.03. The van der Waals surface area contributed by atoms with Gasteiger partial charge in [0.05, 0.1) is 17.3 Å². The van der Waals surface area contributed by atoms with Crippen LogP contribution in [0.3, 0.4) is 0 Å². The molecule has 1 saturated heterocycles. The number of anilines is 2. The molecule has 0 aliphatic carbocycles. The summed E-state index contributed by atoms with van der Waals surface area (Å²) in [5.41, 5.74) is 1.55. The molecule has 7 nitrogen and oxygen atoms in total. The molecule has 0 radical (unpaired) electrons. The first kappa shape index (κ1) is 22.2. The van der Waals surface area contributed by atoms with Gasteiger partial charge < -0.3 is 14.8 Å². The molecule has 2 aliphatic rings. The molecule has 3 aromatic rings. The van der Waals surface area contributed by atoms with Gasteiger partial charge >= 0.3 is 0 Å². The standard InChI is InChI=1S/C25H25F2N5O2/c1-15-6-9-21(19(27)11-15)32-14-17(13-23(32)33)25(34)28-20-12-16(7-8-18(20)26)24-30-29-22-5-3-2-4-10-31(22)24/h6-9,11-12,17H,2-5,10,13-14H2,1H3,(H,28,34). The fourth-order valence-electron chi connectivity index (χ4n) is 4.64. The quantitative estimate of drug-likeness (QED) is 0.625. The first-order valence-corrected chi connectivity index (χ1v) is 11.5. The van der Waals surface area contributed by atoms with Crippen LogP contribution in [0.1, 0.15) is 37.1 Å². The normalized spacial score (nSPS) is 18.0. The highest BCUT2D eigenvalue weighted by Gasteiger charge is 2.36. The molecule has 1 fully saturated rings. The lowest BCUT2D eigenvalue weighted by Gasteiger charge is -2.18. The molecule has 0 spiro atoms. The highest BCUT2D eigenvalue weighted by atomic mass is 19.1. The predicted molar refractivity (Wildman–Crippen MR) is 123 cm³/mol. The second-order valence-corrected chi connectivity index (χ2v) is 8.95. The summed E-state index contributed by atoms with van der Waals surface area (Å²) >= 11 is 0. The van der Waals surface area contributed by atoms with E-state index < -0.39 is 23.5 Å². The Labute approximate surface area is 195 Å². The molecule has 176 valence electrons. The SMILES string of the molecule is Cc1ccc(N2CC(C(=O)Nc3cc(-c4nnc5n4CCCCC5)ccc3F)CC2=O)c(F)c1. The molecule has 34 heavy (non-hydrogen) atoms. The van der Waals surface area contributed by atoms with Crippen molar-refractivity contribution in [2.75, 3.05) is 16.8 Å². The Hall–Kier alpha value is -3.62. The minimum Gasteiger partial charge on any atom is -0.323 e. The fraction of sp³-hybridized carbons (Fsp3) is 0.360. The van der Waals surface area contributed by atoms with Gasteiger partial charge in [0, 0.05) is 31.5 Å². The van der Waals surface area contributed by atoms with Gasteiger partial charge in [-0.1, -0.05) is 12.5 Å². The van der Waals surface area contributed by atoms with Crippen molar-refractivity contribution in [2.24, 2.45) is 5.92 Å². The van der Waals surface area contributed by atoms with E-state index in [0.717, 1.165) is 43.6 Å². The van der Waals surface area contributed by atoms with Gasteiger partial charge in [0.15, 0.2) is 5.82 Å². The number of carbonyl (C=O) groups is 2. The average molecular weight is 466 g/mol. The van der Waals surface area contributed by atoms with E-state index in [1.165, 1.54) is 23.1 Å². The van der Waals surface area contributed by atoms with Crippen molar-refractivity contribution in [3.05, 3.63) is 59.4 Å². The van der Waals surface area contributed by atoms with Crippen LogP contribution in [0.5, 0.6) is 0 Å². The van der Waals surface area contributed by atoms with Gasteiger partial charge in [0.2, 0.25) is 11.8 Å². The van der Waals surface area contributed by atoms with Gasteiger partial charge in [0.1, 0.15) is 17.5 Å². The minimum absolute atomic E-state index is 0.0147. The number of hydrogen-bond acceptors (Lipinski definition) is 4. The fourth-order valence-corrected chi connectivity index (χ4v) is 4.64. The maximum atomic E-state index is 14.6. The van der Waals surface area contributed by atoms with Gasteiger partial charge in [-0.3, -0.25) is 9.59 Å². The Morgan fingerprint density at radius 1 is 1.06 bits per heavy atom. The molecule has 3 heterocycles. The molecule has 1 N–H and O–H groups in total. The van der Waals surface area contributed by atoms with Crippen molar-refractivity contribution >= 4 is 23.2 Å². The van der Waals surface area contributed by atoms with Crippen molar-refractivity contribution in [2.45, 2.75) is 45.6 Å². The number of nitrogens with zero attached hydrogens (tertiary/aromatic N) is 4. The molecule has 1 unspecified atom stereocenters. The van der Waals surface area contributed by atoms with Crippen molar-refractivity contribution < 1.29 is 18.4 Å². The minimum atomic E-state index is -0.722. The van der Waals surface area contributed by atoms with E-state index in [4.69, 9.17) is 0 Å². The summed E-state index contributed by atoms with van der Waals surface area (Å²) in [4.78, 5) is 26.7. The molecule has 1 aromatic heterocycles. The zero-order chi connectivity index (χ0) is 23.8. The van der Waals surface area contributed by atoms with Gasteiger partial charge in [-0.15, -0.1) is 10.2 Å². The van der Waals surface area contributed by atoms with Crippen molar-refractivity contribution in [1.29, 1.82) is 0 Å². The molecule has 9 heteroatoms. The molecule has 2 aromatic carbocycles. The summed E-state index contributed by atoms with van der Waals surface area (Å²) in [6.07, 6.45) is 3.99. The number of amides is 2. The molecular weight excluding hydrogens is 440 g/mol. The van der Waals surface area contributed by atoms with Crippen LogP contribution in [0.4, 0.5) is 20.2 Å². The van der Waals surface area contributed by atoms with Crippen LogP contribution in [0.15, 0.2) is 36.4 Å².